The Labute approximate surface area is 69.4 Å². The maximum absolute atomic E-state index is 12.7. The van der Waals surface area contributed by atoms with E-state index in [0.29, 0.717) is 6.42 Å². The molecule has 0 bridgehead atoms. The SMILES string of the molecule is O=C1CC(c2cccc(F)c2)N1. The Bertz CT molecular complexity index is 316. The standard InChI is InChI=1S/C9H8FNO/c10-7-3-1-2-6(4-7)8-5-9(12)11-8/h1-4,8H,5H2,(H,11,12). The zero-order valence-corrected chi connectivity index (χ0v) is 6.38. The summed E-state index contributed by atoms with van der Waals surface area (Å²) in [5.41, 5.74) is 0.842. The van der Waals surface area contributed by atoms with Crippen LogP contribution in [0.15, 0.2) is 24.3 Å². The minimum absolute atomic E-state index is 0.0215. The van der Waals surface area contributed by atoms with E-state index in [1.54, 1.807) is 6.07 Å². The van der Waals surface area contributed by atoms with Gasteiger partial charge in [0.25, 0.3) is 0 Å². The molecule has 62 valence electrons. The van der Waals surface area contributed by atoms with E-state index in [9.17, 15) is 9.18 Å². The number of carbonyl (C=O) groups excluding carboxylic acids is 1. The first-order valence-corrected chi connectivity index (χ1v) is 3.80. The molecular formula is C9H8FNO. The molecule has 2 nitrogen and oxygen atoms in total. The van der Waals surface area contributed by atoms with Gasteiger partial charge in [0.05, 0.1) is 12.5 Å². The summed E-state index contributed by atoms with van der Waals surface area (Å²) in [4.78, 5) is 10.6. The molecule has 0 radical (unpaired) electrons. The minimum atomic E-state index is -0.256. The molecule has 2 rings (SSSR count). The van der Waals surface area contributed by atoms with Crippen LogP contribution in [0.25, 0.3) is 0 Å². The number of carbonyl (C=O) groups is 1. The third-order valence-corrected chi connectivity index (χ3v) is 1.98. The second kappa shape index (κ2) is 2.59. The monoisotopic (exact) mass is 165 g/mol. The van der Waals surface area contributed by atoms with Gasteiger partial charge in [-0.05, 0) is 17.7 Å². The molecular weight excluding hydrogens is 157 g/mol. The summed E-state index contributed by atoms with van der Waals surface area (Å²) >= 11 is 0. The molecule has 1 atom stereocenters. The molecule has 1 aliphatic rings. The highest BCUT2D eigenvalue weighted by Crippen LogP contribution is 2.23. The molecule has 3 heteroatoms. The predicted octanol–water partition coefficient (Wildman–Crippen LogP) is 1.39. The summed E-state index contributed by atoms with van der Waals surface area (Å²) < 4.78 is 12.7. The molecule has 1 heterocycles. The third kappa shape index (κ3) is 1.18. The number of nitrogens with one attached hydrogen (secondary N) is 1. The lowest BCUT2D eigenvalue weighted by atomic mass is 9.97. The number of hydrogen-bond donors (Lipinski definition) is 1. The lowest BCUT2D eigenvalue weighted by Gasteiger charge is -2.27. The number of benzene rings is 1. The number of hydrogen-bond acceptors (Lipinski definition) is 1. The molecule has 12 heavy (non-hydrogen) atoms. The quantitative estimate of drug-likeness (QED) is 0.626. The van der Waals surface area contributed by atoms with Crippen LogP contribution in [0.5, 0.6) is 0 Å². The molecule has 1 aliphatic heterocycles. The van der Waals surface area contributed by atoms with Crippen molar-refractivity contribution in [3.63, 3.8) is 0 Å². The van der Waals surface area contributed by atoms with Crippen LogP contribution in [0.4, 0.5) is 4.39 Å². The van der Waals surface area contributed by atoms with E-state index < -0.39 is 0 Å². The van der Waals surface area contributed by atoms with Crippen LogP contribution in [-0.2, 0) is 4.79 Å². The van der Waals surface area contributed by atoms with Crippen LogP contribution in [0.3, 0.4) is 0 Å². The highest BCUT2D eigenvalue weighted by molar-refractivity contribution is 5.83. The Kier molecular flexibility index (Phi) is 1.57. The molecule has 0 aliphatic carbocycles. The number of halogens is 1. The Hall–Kier alpha value is -1.38. The van der Waals surface area contributed by atoms with E-state index >= 15 is 0 Å². The Morgan fingerprint density at radius 1 is 1.50 bits per heavy atom. The fourth-order valence-corrected chi connectivity index (χ4v) is 1.28. The third-order valence-electron chi connectivity index (χ3n) is 1.98. The van der Waals surface area contributed by atoms with Crippen LogP contribution in [0, 0.1) is 5.82 Å². The van der Waals surface area contributed by atoms with E-state index in [4.69, 9.17) is 0 Å². The zero-order valence-electron chi connectivity index (χ0n) is 6.38. The van der Waals surface area contributed by atoms with E-state index in [0.717, 1.165) is 5.56 Å². The minimum Gasteiger partial charge on any atom is -0.349 e. The van der Waals surface area contributed by atoms with Crippen molar-refractivity contribution in [1.29, 1.82) is 0 Å². The number of rotatable bonds is 1. The van der Waals surface area contributed by atoms with Crippen molar-refractivity contribution in [2.45, 2.75) is 12.5 Å². The normalized spacial score (nSPS) is 21.4. The van der Waals surface area contributed by atoms with Crippen molar-refractivity contribution >= 4 is 5.91 Å². The first-order chi connectivity index (χ1) is 5.75. The van der Waals surface area contributed by atoms with Gasteiger partial charge in [-0.25, -0.2) is 4.39 Å². The van der Waals surface area contributed by atoms with Gasteiger partial charge in [-0.1, -0.05) is 12.1 Å². The molecule has 0 saturated carbocycles. The van der Waals surface area contributed by atoms with Crippen molar-refractivity contribution in [3.05, 3.63) is 35.6 Å². The lowest BCUT2D eigenvalue weighted by Crippen LogP contribution is -2.41. The first kappa shape index (κ1) is 7.28. The van der Waals surface area contributed by atoms with Gasteiger partial charge < -0.3 is 5.32 Å². The zero-order chi connectivity index (χ0) is 8.55. The Morgan fingerprint density at radius 2 is 2.25 bits per heavy atom. The number of β-lactam (4-membered cyclic amide) rings is 1. The molecule has 1 aromatic rings. The average molecular weight is 165 g/mol. The van der Waals surface area contributed by atoms with E-state index in [1.807, 2.05) is 6.07 Å². The average Bonchev–Trinajstić information content (AvgIpc) is 1.99. The van der Waals surface area contributed by atoms with Gasteiger partial charge in [-0.3, -0.25) is 4.79 Å². The molecule has 0 spiro atoms. The van der Waals surface area contributed by atoms with Crippen LogP contribution in [0.1, 0.15) is 18.0 Å². The topological polar surface area (TPSA) is 29.1 Å². The largest absolute Gasteiger partial charge is 0.349 e. The summed E-state index contributed by atoms with van der Waals surface area (Å²) in [6.45, 7) is 0. The fraction of sp³-hybridized carbons (Fsp3) is 0.222. The van der Waals surface area contributed by atoms with Crippen LogP contribution >= 0.6 is 0 Å². The highest BCUT2D eigenvalue weighted by atomic mass is 19.1. The van der Waals surface area contributed by atoms with Crippen molar-refractivity contribution in [1.82, 2.24) is 5.32 Å². The van der Waals surface area contributed by atoms with Gasteiger partial charge in [0.2, 0.25) is 5.91 Å². The molecule has 1 amide bonds. The molecule has 1 unspecified atom stereocenters. The second-order valence-corrected chi connectivity index (χ2v) is 2.88. The van der Waals surface area contributed by atoms with Gasteiger partial charge in [0.15, 0.2) is 0 Å². The molecule has 1 N–H and O–H groups in total. The van der Waals surface area contributed by atoms with Crippen LogP contribution < -0.4 is 5.32 Å². The van der Waals surface area contributed by atoms with E-state index in [2.05, 4.69) is 5.32 Å². The van der Waals surface area contributed by atoms with Crippen LogP contribution in [-0.4, -0.2) is 5.91 Å². The summed E-state index contributed by atoms with van der Waals surface area (Å²) in [6, 6.07) is 6.32. The predicted molar refractivity (Wildman–Crippen MR) is 41.9 cm³/mol. The molecule has 1 saturated heterocycles. The van der Waals surface area contributed by atoms with Gasteiger partial charge in [-0.15, -0.1) is 0 Å². The molecule has 0 aromatic heterocycles. The van der Waals surface area contributed by atoms with Gasteiger partial charge in [-0.2, -0.15) is 0 Å². The van der Waals surface area contributed by atoms with Crippen molar-refractivity contribution in [3.8, 4) is 0 Å². The Balaban J connectivity index is 2.18. The summed E-state index contributed by atoms with van der Waals surface area (Å²) in [7, 11) is 0. The lowest BCUT2D eigenvalue weighted by molar-refractivity contribution is -0.128. The fourth-order valence-electron chi connectivity index (χ4n) is 1.28. The molecule has 1 fully saturated rings. The first-order valence-electron chi connectivity index (χ1n) is 3.80. The summed E-state index contributed by atoms with van der Waals surface area (Å²) in [6.07, 6.45) is 0.476. The smallest absolute Gasteiger partial charge is 0.222 e. The maximum atomic E-state index is 12.7. The highest BCUT2D eigenvalue weighted by Gasteiger charge is 2.26. The van der Waals surface area contributed by atoms with Crippen molar-refractivity contribution in [2.24, 2.45) is 0 Å². The van der Waals surface area contributed by atoms with Gasteiger partial charge in [0.1, 0.15) is 5.82 Å². The number of amides is 1. The van der Waals surface area contributed by atoms with Crippen LogP contribution in [0.2, 0.25) is 0 Å². The second-order valence-electron chi connectivity index (χ2n) is 2.88. The van der Waals surface area contributed by atoms with E-state index in [-0.39, 0.29) is 17.8 Å². The van der Waals surface area contributed by atoms with Gasteiger partial charge in [0, 0.05) is 0 Å². The van der Waals surface area contributed by atoms with Crippen molar-refractivity contribution < 1.29 is 9.18 Å². The maximum Gasteiger partial charge on any atom is 0.222 e. The summed E-state index contributed by atoms with van der Waals surface area (Å²) in [5, 5.41) is 2.68. The van der Waals surface area contributed by atoms with Crippen molar-refractivity contribution in [2.75, 3.05) is 0 Å². The summed E-state index contributed by atoms with van der Waals surface area (Å²) in [5.74, 6) is -0.224. The molecule has 1 aromatic carbocycles. The van der Waals surface area contributed by atoms with Gasteiger partial charge >= 0.3 is 0 Å². The Morgan fingerprint density at radius 3 is 2.83 bits per heavy atom. The van der Waals surface area contributed by atoms with E-state index in [1.165, 1.54) is 12.1 Å².